The molecule has 3 rings (SSSR count). The lowest BCUT2D eigenvalue weighted by Crippen LogP contribution is -2.14. The molecule has 21 heavy (non-hydrogen) atoms. The van der Waals surface area contributed by atoms with Gasteiger partial charge in [0.2, 0.25) is 0 Å². The summed E-state index contributed by atoms with van der Waals surface area (Å²) in [6, 6.07) is 9.71. The largest absolute Gasteiger partial charge is 0.366 e. The minimum absolute atomic E-state index is 0.282. The van der Waals surface area contributed by atoms with Crippen LogP contribution >= 0.6 is 0 Å². The number of rotatable bonds is 4. The first-order valence-electron chi connectivity index (χ1n) is 6.64. The zero-order valence-electron chi connectivity index (χ0n) is 11.6. The van der Waals surface area contributed by atoms with Gasteiger partial charge in [0.05, 0.1) is 0 Å². The number of H-pyrrole nitrogens is 1. The zero-order chi connectivity index (χ0) is 14.8. The predicted octanol–water partition coefficient (Wildman–Crippen LogP) is 0.797. The topological polar surface area (TPSA) is 101 Å². The zero-order valence-corrected chi connectivity index (χ0v) is 11.6. The molecular formula is C14H16N6O. The Kier molecular flexibility index (Phi) is 3.41. The van der Waals surface area contributed by atoms with E-state index in [1.54, 1.807) is 13.0 Å². The Morgan fingerprint density at radius 3 is 2.86 bits per heavy atom. The van der Waals surface area contributed by atoms with Crippen LogP contribution in [0.5, 0.6) is 0 Å². The summed E-state index contributed by atoms with van der Waals surface area (Å²) in [5.74, 6) is 1.26. The van der Waals surface area contributed by atoms with Crippen molar-refractivity contribution in [3.8, 4) is 0 Å². The van der Waals surface area contributed by atoms with Crippen LogP contribution in [0.2, 0.25) is 0 Å². The summed E-state index contributed by atoms with van der Waals surface area (Å²) in [6.07, 6.45) is 0. The standard InChI is InChI=1S/C14H16N6O/c1-9-17-12(6-13-18-19-14(21)20(9)13)16-8-11-5-3-2-4-10(11)7-15/h2-6,16H,7-8,15H2,1H3,(H,19,21). The van der Waals surface area contributed by atoms with Crippen molar-refractivity contribution in [1.82, 2.24) is 19.6 Å². The van der Waals surface area contributed by atoms with Crippen LogP contribution in [0.3, 0.4) is 0 Å². The van der Waals surface area contributed by atoms with Gasteiger partial charge in [-0.2, -0.15) is 5.10 Å². The second-order valence-corrected chi connectivity index (χ2v) is 4.74. The fourth-order valence-corrected chi connectivity index (χ4v) is 2.30. The third-order valence-electron chi connectivity index (χ3n) is 3.37. The van der Waals surface area contributed by atoms with E-state index in [9.17, 15) is 4.79 Å². The number of nitrogens with one attached hydrogen (secondary N) is 2. The number of fused-ring (bicyclic) bond motifs is 1. The molecule has 0 bridgehead atoms. The second-order valence-electron chi connectivity index (χ2n) is 4.74. The first-order valence-corrected chi connectivity index (χ1v) is 6.64. The quantitative estimate of drug-likeness (QED) is 0.657. The SMILES string of the molecule is Cc1nc(NCc2ccccc2CN)cc2n[nH]c(=O)n12. The maximum absolute atomic E-state index is 11.5. The molecule has 0 amide bonds. The number of aromatic amines is 1. The average Bonchev–Trinajstić information content (AvgIpc) is 2.87. The Hall–Kier alpha value is -2.67. The molecule has 108 valence electrons. The van der Waals surface area contributed by atoms with Gasteiger partial charge in [0, 0.05) is 19.2 Å². The van der Waals surface area contributed by atoms with E-state index in [0.717, 1.165) is 11.1 Å². The highest BCUT2D eigenvalue weighted by atomic mass is 16.1. The molecule has 0 fully saturated rings. The van der Waals surface area contributed by atoms with Gasteiger partial charge in [0.25, 0.3) is 0 Å². The van der Waals surface area contributed by atoms with Gasteiger partial charge in [0.15, 0.2) is 5.65 Å². The average molecular weight is 284 g/mol. The number of nitrogens with zero attached hydrogens (tertiary/aromatic N) is 3. The lowest BCUT2D eigenvalue weighted by molar-refractivity contribution is 0.928. The van der Waals surface area contributed by atoms with Gasteiger partial charge in [-0.05, 0) is 18.1 Å². The summed E-state index contributed by atoms with van der Waals surface area (Å²) < 4.78 is 1.43. The van der Waals surface area contributed by atoms with E-state index in [0.29, 0.717) is 30.4 Å². The van der Waals surface area contributed by atoms with Crippen LogP contribution in [0.1, 0.15) is 17.0 Å². The van der Waals surface area contributed by atoms with Crippen molar-refractivity contribution in [2.24, 2.45) is 5.73 Å². The van der Waals surface area contributed by atoms with E-state index in [-0.39, 0.29) is 5.69 Å². The van der Waals surface area contributed by atoms with E-state index in [4.69, 9.17) is 5.73 Å². The highest BCUT2D eigenvalue weighted by molar-refractivity contribution is 5.50. The Morgan fingerprint density at radius 1 is 1.33 bits per heavy atom. The molecule has 7 nitrogen and oxygen atoms in total. The monoisotopic (exact) mass is 284 g/mol. The molecule has 0 radical (unpaired) electrons. The summed E-state index contributed by atoms with van der Waals surface area (Å²) in [6.45, 7) is 2.88. The first-order chi connectivity index (χ1) is 10.2. The van der Waals surface area contributed by atoms with E-state index < -0.39 is 0 Å². The molecule has 0 atom stereocenters. The van der Waals surface area contributed by atoms with Gasteiger partial charge >= 0.3 is 5.69 Å². The number of aryl methyl sites for hydroxylation is 1. The fraction of sp³-hybridized carbons (Fsp3) is 0.214. The second kappa shape index (κ2) is 5.37. The van der Waals surface area contributed by atoms with Crippen molar-refractivity contribution in [2.45, 2.75) is 20.0 Å². The molecule has 0 saturated carbocycles. The van der Waals surface area contributed by atoms with Crippen LogP contribution in [-0.4, -0.2) is 19.6 Å². The van der Waals surface area contributed by atoms with Gasteiger partial charge < -0.3 is 11.1 Å². The lowest BCUT2D eigenvalue weighted by atomic mass is 10.1. The molecule has 0 aliphatic carbocycles. The number of nitrogens with two attached hydrogens (primary N) is 1. The molecule has 3 aromatic rings. The Morgan fingerprint density at radius 2 is 2.10 bits per heavy atom. The summed E-state index contributed by atoms with van der Waals surface area (Å²) in [4.78, 5) is 15.9. The van der Waals surface area contributed by atoms with E-state index in [1.807, 2.05) is 24.3 Å². The van der Waals surface area contributed by atoms with Crippen molar-refractivity contribution in [3.63, 3.8) is 0 Å². The molecule has 2 heterocycles. The van der Waals surface area contributed by atoms with Crippen LogP contribution < -0.4 is 16.7 Å². The van der Waals surface area contributed by atoms with Crippen molar-refractivity contribution in [1.29, 1.82) is 0 Å². The van der Waals surface area contributed by atoms with Crippen molar-refractivity contribution in [2.75, 3.05) is 5.32 Å². The van der Waals surface area contributed by atoms with Crippen LogP contribution in [0.25, 0.3) is 5.65 Å². The highest BCUT2D eigenvalue weighted by Crippen LogP contribution is 2.12. The van der Waals surface area contributed by atoms with Crippen LogP contribution in [-0.2, 0) is 13.1 Å². The number of hydrogen-bond acceptors (Lipinski definition) is 5. The molecular weight excluding hydrogens is 268 g/mol. The fourth-order valence-electron chi connectivity index (χ4n) is 2.30. The minimum Gasteiger partial charge on any atom is -0.366 e. The third kappa shape index (κ3) is 2.50. The van der Waals surface area contributed by atoms with E-state index in [2.05, 4.69) is 20.5 Å². The van der Waals surface area contributed by atoms with E-state index >= 15 is 0 Å². The minimum atomic E-state index is -0.282. The van der Waals surface area contributed by atoms with Crippen molar-refractivity contribution in [3.05, 3.63) is 57.8 Å². The first kappa shape index (κ1) is 13.3. The van der Waals surface area contributed by atoms with Crippen LogP contribution in [0.4, 0.5) is 5.82 Å². The normalized spacial score (nSPS) is 11.0. The molecule has 1 aromatic carbocycles. The molecule has 4 N–H and O–H groups in total. The molecule has 0 aliphatic rings. The van der Waals surface area contributed by atoms with Gasteiger partial charge in [-0.15, -0.1) is 0 Å². The third-order valence-corrected chi connectivity index (χ3v) is 3.37. The van der Waals surface area contributed by atoms with Gasteiger partial charge in [-0.3, -0.25) is 0 Å². The number of anilines is 1. The molecule has 0 saturated heterocycles. The maximum Gasteiger partial charge on any atom is 0.349 e. The number of hydrogen-bond donors (Lipinski definition) is 3. The summed E-state index contributed by atoms with van der Waals surface area (Å²) in [5, 5.41) is 9.61. The smallest absolute Gasteiger partial charge is 0.349 e. The van der Waals surface area contributed by atoms with Crippen molar-refractivity contribution >= 4 is 11.5 Å². The van der Waals surface area contributed by atoms with Gasteiger partial charge in [0.1, 0.15) is 11.6 Å². The Balaban J connectivity index is 1.87. The highest BCUT2D eigenvalue weighted by Gasteiger charge is 2.07. The molecule has 0 spiro atoms. The van der Waals surface area contributed by atoms with Gasteiger partial charge in [-0.25, -0.2) is 19.3 Å². The Bertz CT molecular complexity index is 835. The lowest BCUT2D eigenvalue weighted by Gasteiger charge is -2.10. The maximum atomic E-state index is 11.5. The van der Waals surface area contributed by atoms with Crippen LogP contribution in [0.15, 0.2) is 35.1 Å². The molecule has 0 unspecified atom stereocenters. The van der Waals surface area contributed by atoms with E-state index in [1.165, 1.54) is 4.40 Å². The molecule has 0 aliphatic heterocycles. The van der Waals surface area contributed by atoms with Gasteiger partial charge in [-0.1, -0.05) is 24.3 Å². The summed E-state index contributed by atoms with van der Waals surface area (Å²) in [7, 11) is 0. The Labute approximate surface area is 120 Å². The summed E-state index contributed by atoms with van der Waals surface area (Å²) in [5.41, 5.74) is 8.21. The molecule has 2 aromatic heterocycles. The molecule has 7 heteroatoms. The predicted molar refractivity (Wildman–Crippen MR) is 80.0 cm³/mol. The number of aromatic nitrogens is 4. The summed E-state index contributed by atoms with van der Waals surface area (Å²) >= 11 is 0. The number of benzene rings is 1. The van der Waals surface area contributed by atoms with Crippen LogP contribution in [0, 0.1) is 6.92 Å². The van der Waals surface area contributed by atoms with Crippen molar-refractivity contribution < 1.29 is 0 Å².